The summed E-state index contributed by atoms with van der Waals surface area (Å²) in [5.41, 5.74) is 3.95. The average Bonchev–Trinajstić information content (AvgIpc) is 3.14. The molecule has 0 aliphatic carbocycles. The second kappa shape index (κ2) is 9.15. The summed E-state index contributed by atoms with van der Waals surface area (Å²) in [4.78, 5) is 15.2. The number of benzene rings is 2. The van der Waals surface area contributed by atoms with Gasteiger partial charge in [0.2, 0.25) is 0 Å². The number of rotatable bonds is 0. The summed E-state index contributed by atoms with van der Waals surface area (Å²) < 4.78 is 13.7. The van der Waals surface area contributed by atoms with Crippen LogP contribution in [0.5, 0.6) is 5.75 Å². The van der Waals surface area contributed by atoms with Crippen LogP contribution in [0.15, 0.2) is 48.5 Å². The van der Waals surface area contributed by atoms with E-state index in [0.29, 0.717) is 12.2 Å². The van der Waals surface area contributed by atoms with Crippen molar-refractivity contribution in [2.75, 3.05) is 46.9 Å². The maximum absolute atomic E-state index is 12.8. The number of aromatic nitrogens is 1. The Kier molecular flexibility index (Phi) is 6.10. The molecule has 2 aliphatic rings. The van der Waals surface area contributed by atoms with E-state index in [1.54, 1.807) is 0 Å². The molecule has 0 spiro atoms. The first-order chi connectivity index (χ1) is 15.6. The van der Waals surface area contributed by atoms with Crippen molar-refractivity contribution in [3.8, 4) is 17.0 Å². The molecule has 5 rings (SSSR count). The molecule has 7 nitrogen and oxygen atoms in total. The number of nitrogens with one attached hydrogen (secondary N) is 2. The lowest BCUT2D eigenvalue weighted by molar-refractivity contribution is 0.0983. The van der Waals surface area contributed by atoms with Crippen molar-refractivity contribution >= 4 is 28.9 Å². The number of para-hydroxylation sites is 1. The van der Waals surface area contributed by atoms with Gasteiger partial charge in [-0.15, -0.1) is 0 Å². The Morgan fingerprint density at radius 3 is 2.81 bits per heavy atom. The highest BCUT2D eigenvalue weighted by Crippen LogP contribution is 2.36. The molecule has 4 bridgehead atoms. The summed E-state index contributed by atoms with van der Waals surface area (Å²) in [5, 5.41) is 4.63. The molecule has 0 radical (unpaired) electrons. The van der Waals surface area contributed by atoms with Gasteiger partial charge in [0, 0.05) is 66.9 Å². The second-order valence-corrected chi connectivity index (χ2v) is 9.49. The van der Waals surface area contributed by atoms with Crippen molar-refractivity contribution in [2.45, 2.75) is 12.6 Å². The minimum atomic E-state index is -0.0809. The number of ether oxygens (including phenoxy) is 1. The van der Waals surface area contributed by atoms with Crippen molar-refractivity contribution in [3.05, 3.63) is 54.1 Å². The molecule has 2 aromatic carbocycles. The van der Waals surface area contributed by atoms with Gasteiger partial charge in [-0.1, -0.05) is 18.2 Å². The van der Waals surface area contributed by atoms with Crippen LogP contribution in [-0.2, 0) is 6.54 Å². The highest BCUT2D eigenvalue weighted by atomic mass is 32.2. The van der Waals surface area contributed by atoms with Crippen molar-refractivity contribution in [1.29, 1.82) is 0 Å². The summed E-state index contributed by atoms with van der Waals surface area (Å²) in [7, 11) is 4.15. The molecule has 2 N–H and O–H groups in total. The second-order valence-electron chi connectivity index (χ2n) is 8.48. The molecule has 1 unspecified atom stereocenters. The zero-order valence-electron chi connectivity index (χ0n) is 18.5. The van der Waals surface area contributed by atoms with Crippen molar-refractivity contribution in [3.63, 3.8) is 0 Å². The van der Waals surface area contributed by atoms with Gasteiger partial charge in [-0.25, -0.2) is 4.31 Å². The van der Waals surface area contributed by atoms with Gasteiger partial charge in [0.15, 0.2) is 0 Å². The Labute approximate surface area is 193 Å². The van der Waals surface area contributed by atoms with Crippen LogP contribution in [0.1, 0.15) is 10.4 Å². The third-order valence-corrected chi connectivity index (χ3v) is 7.09. The lowest BCUT2D eigenvalue weighted by Crippen LogP contribution is -2.44. The molecule has 2 aliphatic heterocycles. The average molecular weight is 452 g/mol. The molecular weight excluding hydrogens is 422 g/mol. The number of nitrogens with zero attached hydrogens (tertiary/aromatic N) is 3. The molecule has 0 fully saturated rings. The van der Waals surface area contributed by atoms with E-state index in [0.717, 1.165) is 60.6 Å². The van der Waals surface area contributed by atoms with Gasteiger partial charge in [-0.3, -0.25) is 14.4 Å². The third-order valence-electron chi connectivity index (χ3n) is 6.32. The van der Waals surface area contributed by atoms with E-state index in [4.69, 9.17) is 4.74 Å². The van der Waals surface area contributed by atoms with E-state index < -0.39 is 0 Å². The molecule has 3 aromatic rings. The normalized spacial score (nSPS) is 21.1. The Bertz CT molecular complexity index is 1130. The molecule has 8 heteroatoms. The van der Waals surface area contributed by atoms with E-state index in [2.05, 4.69) is 38.7 Å². The molecular formula is C24H29N5O2S. The Morgan fingerprint density at radius 1 is 1.06 bits per heavy atom. The Balaban J connectivity index is 1.62. The fraction of sp³-hybridized carbons (Fsp3) is 0.375. The molecule has 3 heterocycles. The van der Waals surface area contributed by atoms with Gasteiger partial charge in [0.05, 0.1) is 11.7 Å². The van der Waals surface area contributed by atoms with Crippen LogP contribution in [-0.4, -0.2) is 72.6 Å². The predicted molar refractivity (Wildman–Crippen MR) is 130 cm³/mol. The summed E-state index contributed by atoms with van der Waals surface area (Å²) in [6.07, 6.45) is 0. The van der Waals surface area contributed by atoms with E-state index in [9.17, 15) is 4.79 Å². The lowest BCUT2D eigenvalue weighted by Gasteiger charge is -2.32. The topological polar surface area (TPSA) is 61.8 Å². The van der Waals surface area contributed by atoms with E-state index in [1.165, 1.54) is 12.1 Å². The largest absolute Gasteiger partial charge is 0.491 e. The molecule has 0 saturated carbocycles. The monoisotopic (exact) mass is 451 g/mol. The highest BCUT2D eigenvalue weighted by Gasteiger charge is 2.25. The molecule has 32 heavy (non-hydrogen) atoms. The van der Waals surface area contributed by atoms with E-state index >= 15 is 0 Å². The van der Waals surface area contributed by atoms with Crippen molar-refractivity contribution in [1.82, 2.24) is 23.8 Å². The SMILES string of the molecule is CN1CCNCCN(C)C2COc3ccccc3-c3cc4ccc(cc4n3C2)C(=O)NS1. The fourth-order valence-corrected chi connectivity index (χ4v) is 4.90. The zero-order valence-corrected chi connectivity index (χ0v) is 19.3. The summed E-state index contributed by atoms with van der Waals surface area (Å²) in [6.45, 7) is 4.95. The Morgan fingerprint density at radius 2 is 1.91 bits per heavy atom. The number of hydrogen-bond donors (Lipinski definition) is 2. The number of fused-ring (bicyclic) bond motifs is 4. The van der Waals surface area contributed by atoms with Gasteiger partial charge in [-0.05, 0) is 44.4 Å². The van der Waals surface area contributed by atoms with Crippen LogP contribution >= 0.6 is 12.1 Å². The van der Waals surface area contributed by atoms with Gasteiger partial charge in [-0.2, -0.15) is 0 Å². The Hall–Kier alpha value is -2.52. The standard InChI is InChI=1S/C24H29N5O2S/c1-27-11-9-25-10-12-28(2)32-26-24(30)18-8-7-17-13-22-20-5-3-4-6-23(20)31-16-19(27)15-29(22)21(17)14-18/h3-8,13-14,19,25H,9-12,15-16H2,1-2H3,(H,26,30). The minimum absolute atomic E-state index is 0.0809. The summed E-state index contributed by atoms with van der Waals surface area (Å²) >= 11 is 1.34. The number of carbonyl (C=O) groups is 1. The molecule has 1 amide bonds. The van der Waals surface area contributed by atoms with Crippen LogP contribution < -0.4 is 14.8 Å². The summed E-state index contributed by atoms with van der Waals surface area (Å²) in [6, 6.07) is 16.6. The first kappa shape index (κ1) is 21.3. The lowest BCUT2D eigenvalue weighted by atomic mass is 10.1. The smallest absolute Gasteiger partial charge is 0.262 e. The maximum Gasteiger partial charge on any atom is 0.262 e. The van der Waals surface area contributed by atoms with Crippen LogP contribution in [0.4, 0.5) is 0 Å². The highest BCUT2D eigenvalue weighted by molar-refractivity contribution is 7.95. The van der Waals surface area contributed by atoms with Crippen LogP contribution in [0.25, 0.3) is 22.2 Å². The third kappa shape index (κ3) is 4.23. The van der Waals surface area contributed by atoms with Gasteiger partial charge >= 0.3 is 0 Å². The van der Waals surface area contributed by atoms with E-state index in [1.807, 2.05) is 47.8 Å². The quantitative estimate of drug-likeness (QED) is 0.513. The van der Waals surface area contributed by atoms with Gasteiger partial charge in [0.1, 0.15) is 12.4 Å². The first-order valence-electron chi connectivity index (χ1n) is 11.0. The van der Waals surface area contributed by atoms with Crippen LogP contribution in [0.3, 0.4) is 0 Å². The minimum Gasteiger partial charge on any atom is -0.491 e. The number of likely N-dealkylation sites (N-methyl/N-ethyl adjacent to an activating group) is 2. The van der Waals surface area contributed by atoms with E-state index in [-0.39, 0.29) is 11.9 Å². The van der Waals surface area contributed by atoms with Crippen molar-refractivity contribution < 1.29 is 9.53 Å². The van der Waals surface area contributed by atoms with Gasteiger partial charge in [0.25, 0.3) is 5.91 Å². The number of amides is 1. The van der Waals surface area contributed by atoms with Gasteiger partial charge < -0.3 is 14.6 Å². The van der Waals surface area contributed by atoms with Crippen LogP contribution in [0, 0.1) is 0 Å². The van der Waals surface area contributed by atoms with Crippen LogP contribution in [0.2, 0.25) is 0 Å². The zero-order chi connectivity index (χ0) is 22.1. The number of hydrogen-bond acceptors (Lipinski definition) is 6. The molecule has 168 valence electrons. The number of carbonyl (C=O) groups excluding carboxylic acids is 1. The van der Waals surface area contributed by atoms with Crippen molar-refractivity contribution in [2.24, 2.45) is 0 Å². The molecule has 1 atom stereocenters. The first-order valence-corrected chi connectivity index (χ1v) is 11.8. The predicted octanol–water partition coefficient (Wildman–Crippen LogP) is 2.83. The molecule has 0 saturated heterocycles. The maximum atomic E-state index is 12.8. The summed E-state index contributed by atoms with van der Waals surface area (Å²) in [5.74, 6) is 0.821. The fourth-order valence-electron chi connectivity index (χ4n) is 4.36. The molecule has 1 aromatic heterocycles.